The second kappa shape index (κ2) is 9.32. The Bertz CT molecular complexity index is 1100. The van der Waals surface area contributed by atoms with Crippen LogP contribution in [0.15, 0.2) is 75.4 Å². The Hall–Kier alpha value is -2.84. The van der Waals surface area contributed by atoms with Crippen LogP contribution in [0.25, 0.3) is 6.08 Å². The number of carbonyl (C=O) groups excluding carboxylic acids is 1. The molecule has 8 heteroatoms. The third-order valence-corrected chi connectivity index (χ3v) is 6.84. The van der Waals surface area contributed by atoms with E-state index in [2.05, 4.69) is 11.0 Å². The summed E-state index contributed by atoms with van der Waals surface area (Å²) in [5.74, 6) is 0.393. The minimum absolute atomic E-state index is 0.0892. The van der Waals surface area contributed by atoms with Crippen molar-refractivity contribution >= 4 is 38.9 Å². The minimum Gasteiger partial charge on any atom is -0.497 e. The van der Waals surface area contributed by atoms with Crippen LogP contribution in [0.3, 0.4) is 0 Å². The van der Waals surface area contributed by atoms with Crippen LogP contribution in [-0.2, 0) is 21.2 Å². The third kappa shape index (κ3) is 4.83. The van der Waals surface area contributed by atoms with Crippen molar-refractivity contribution < 1.29 is 17.9 Å². The molecule has 6 nitrogen and oxygen atoms in total. The number of benzene rings is 2. The number of rotatable bonds is 7. The molecule has 0 bridgehead atoms. The van der Waals surface area contributed by atoms with Gasteiger partial charge in [0.1, 0.15) is 5.75 Å². The molecule has 0 aliphatic carbocycles. The fourth-order valence-corrected chi connectivity index (χ4v) is 4.96. The molecule has 1 amide bonds. The Kier molecular flexibility index (Phi) is 6.79. The van der Waals surface area contributed by atoms with Crippen molar-refractivity contribution in [1.82, 2.24) is 4.90 Å². The number of amides is 1. The van der Waals surface area contributed by atoms with E-state index in [1.165, 1.54) is 23.1 Å². The van der Waals surface area contributed by atoms with Gasteiger partial charge in [-0.25, -0.2) is 0 Å². The van der Waals surface area contributed by atoms with Crippen LogP contribution in [0.2, 0.25) is 0 Å². The molecule has 0 aromatic heterocycles. The van der Waals surface area contributed by atoms with E-state index in [0.29, 0.717) is 10.7 Å². The predicted molar refractivity (Wildman–Crippen MR) is 121 cm³/mol. The van der Waals surface area contributed by atoms with Gasteiger partial charge >= 0.3 is 0 Å². The third-order valence-electron chi connectivity index (χ3n) is 4.44. The van der Waals surface area contributed by atoms with Crippen molar-refractivity contribution in [3.63, 3.8) is 0 Å². The molecule has 0 unspecified atom stereocenters. The van der Waals surface area contributed by atoms with Gasteiger partial charge in [0.15, 0.2) is 5.17 Å². The molecule has 0 spiro atoms. The number of sulfonamides is 1. The lowest BCUT2D eigenvalue weighted by Crippen LogP contribution is -2.29. The van der Waals surface area contributed by atoms with Crippen LogP contribution >= 0.6 is 11.8 Å². The molecule has 0 saturated carbocycles. The van der Waals surface area contributed by atoms with E-state index in [0.717, 1.165) is 29.3 Å². The number of hydrogen-bond acceptors (Lipinski definition) is 5. The summed E-state index contributed by atoms with van der Waals surface area (Å²) in [6.45, 7) is 5.81. The van der Waals surface area contributed by atoms with Crippen molar-refractivity contribution in [3.8, 4) is 5.75 Å². The Balaban J connectivity index is 1.94. The number of carbonyl (C=O) groups is 1. The maximum atomic E-state index is 12.8. The smallest absolute Gasteiger partial charge is 0.284 e. The average molecular weight is 443 g/mol. The van der Waals surface area contributed by atoms with Gasteiger partial charge in [0.2, 0.25) is 0 Å². The Labute approximate surface area is 181 Å². The van der Waals surface area contributed by atoms with Crippen LogP contribution in [0.4, 0.5) is 0 Å². The number of methoxy groups -OCH3 is 1. The van der Waals surface area contributed by atoms with E-state index in [1.54, 1.807) is 37.5 Å². The van der Waals surface area contributed by atoms with Crippen molar-refractivity contribution in [1.29, 1.82) is 0 Å². The number of aryl methyl sites for hydroxylation is 1. The Morgan fingerprint density at radius 1 is 1.13 bits per heavy atom. The fraction of sp³-hybridized carbons (Fsp3) is 0.182. The van der Waals surface area contributed by atoms with E-state index >= 15 is 0 Å². The second-order valence-corrected chi connectivity index (χ2v) is 9.05. The molecule has 30 heavy (non-hydrogen) atoms. The molecule has 0 N–H and O–H groups in total. The van der Waals surface area contributed by atoms with E-state index in [9.17, 15) is 13.2 Å². The van der Waals surface area contributed by atoms with Crippen LogP contribution in [0.5, 0.6) is 5.75 Å². The van der Waals surface area contributed by atoms with Gasteiger partial charge in [-0.15, -0.1) is 11.0 Å². The van der Waals surface area contributed by atoms with Gasteiger partial charge in [0, 0.05) is 6.54 Å². The highest BCUT2D eigenvalue weighted by atomic mass is 32.2. The Morgan fingerprint density at radius 2 is 1.80 bits per heavy atom. The van der Waals surface area contributed by atoms with Crippen LogP contribution < -0.4 is 4.74 Å². The highest BCUT2D eigenvalue weighted by Crippen LogP contribution is 2.34. The quantitative estimate of drug-likeness (QED) is 0.477. The number of hydrogen-bond donors (Lipinski definition) is 0. The predicted octanol–water partition coefficient (Wildman–Crippen LogP) is 4.10. The summed E-state index contributed by atoms with van der Waals surface area (Å²) in [6.07, 6.45) is 4.05. The fourth-order valence-electron chi connectivity index (χ4n) is 2.77. The van der Waals surface area contributed by atoms with Gasteiger partial charge < -0.3 is 4.74 Å². The van der Waals surface area contributed by atoms with Crippen LogP contribution in [0, 0.1) is 0 Å². The van der Waals surface area contributed by atoms with Gasteiger partial charge in [-0.1, -0.05) is 37.3 Å². The molecule has 1 heterocycles. The second-order valence-electron chi connectivity index (χ2n) is 6.43. The zero-order chi connectivity index (χ0) is 21.7. The van der Waals surface area contributed by atoms with Crippen molar-refractivity contribution in [2.75, 3.05) is 13.7 Å². The first kappa shape index (κ1) is 21.9. The van der Waals surface area contributed by atoms with E-state index in [-0.39, 0.29) is 22.5 Å². The molecular weight excluding hydrogens is 420 g/mol. The first-order valence-electron chi connectivity index (χ1n) is 9.28. The van der Waals surface area contributed by atoms with Crippen molar-refractivity contribution in [3.05, 3.63) is 77.2 Å². The molecule has 0 atom stereocenters. The van der Waals surface area contributed by atoms with Gasteiger partial charge in [0.05, 0.1) is 16.9 Å². The summed E-state index contributed by atoms with van der Waals surface area (Å²) in [4.78, 5) is 14.6. The standard InChI is InChI=1S/C22H22N2O4S2/c1-4-14-24-21(25)20(15-17-6-10-18(28-3)11-7-17)29-22(24)23-30(26,27)19-12-8-16(5-2)9-13-19/h4,6-13,15H,1,5,14H2,2-3H3. The highest BCUT2D eigenvalue weighted by molar-refractivity contribution is 8.19. The normalized spacial score (nSPS) is 17.0. The van der Waals surface area contributed by atoms with Gasteiger partial charge in [-0.3, -0.25) is 9.69 Å². The summed E-state index contributed by atoms with van der Waals surface area (Å²) < 4.78 is 34.7. The first-order valence-corrected chi connectivity index (χ1v) is 11.5. The average Bonchev–Trinajstić information content (AvgIpc) is 3.03. The number of thioether (sulfide) groups is 1. The molecule has 0 radical (unpaired) electrons. The Morgan fingerprint density at radius 3 is 2.37 bits per heavy atom. The van der Waals surface area contributed by atoms with E-state index in [4.69, 9.17) is 4.74 Å². The van der Waals surface area contributed by atoms with Crippen molar-refractivity contribution in [2.45, 2.75) is 18.2 Å². The summed E-state index contributed by atoms with van der Waals surface area (Å²) in [7, 11) is -2.37. The molecule has 1 aliphatic heterocycles. The zero-order valence-corrected chi connectivity index (χ0v) is 18.4. The molecular formula is C22H22N2O4S2. The monoisotopic (exact) mass is 442 g/mol. The first-order chi connectivity index (χ1) is 14.4. The molecule has 156 valence electrons. The van der Waals surface area contributed by atoms with Crippen molar-refractivity contribution in [2.24, 2.45) is 4.40 Å². The highest BCUT2D eigenvalue weighted by Gasteiger charge is 2.34. The molecule has 3 rings (SSSR count). The van der Waals surface area contributed by atoms with Gasteiger partial charge in [-0.2, -0.15) is 8.42 Å². The van der Waals surface area contributed by atoms with Crippen LogP contribution in [0.1, 0.15) is 18.1 Å². The van der Waals surface area contributed by atoms with E-state index < -0.39 is 10.0 Å². The largest absolute Gasteiger partial charge is 0.497 e. The number of nitrogens with zero attached hydrogens (tertiary/aromatic N) is 2. The lowest BCUT2D eigenvalue weighted by Gasteiger charge is -2.12. The summed E-state index contributed by atoms with van der Waals surface area (Å²) >= 11 is 1.03. The van der Waals surface area contributed by atoms with E-state index in [1.807, 2.05) is 19.1 Å². The number of amidine groups is 1. The maximum absolute atomic E-state index is 12.8. The summed E-state index contributed by atoms with van der Waals surface area (Å²) in [6, 6.07) is 13.8. The molecule has 2 aromatic carbocycles. The summed E-state index contributed by atoms with van der Waals surface area (Å²) in [5, 5.41) is 0.110. The van der Waals surface area contributed by atoms with Gasteiger partial charge in [0.25, 0.3) is 15.9 Å². The van der Waals surface area contributed by atoms with Crippen LogP contribution in [-0.4, -0.2) is 38.0 Å². The molecule has 2 aromatic rings. The molecule has 1 aliphatic rings. The summed E-state index contributed by atoms with van der Waals surface area (Å²) in [5.41, 5.74) is 1.83. The van der Waals surface area contributed by atoms with Gasteiger partial charge in [-0.05, 0) is 59.7 Å². The molecule has 1 fully saturated rings. The zero-order valence-electron chi connectivity index (χ0n) is 16.7. The lowest BCUT2D eigenvalue weighted by atomic mass is 10.2. The molecule has 1 saturated heterocycles. The minimum atomic E-state index is -3.95. The topological polar surface area (TPSA) is 76.0 Å². The SMILES string of the molecule is C=CCN1C(=O)C(=Cc2ccc(OC)cc2)SC1=NS(=O)(=O)c1ccc(CC)cc1. The number of ether oxygens (including phenoxy) is 1. The maximum Gasteiger partial charge on any atom is 0.284 e. The lowest BCUT2D eigenvalue weighted by molar-refractivity contribution is -0.121.